The maximum atomic E-state index is 4.84. The topological polar surface area (TPSA) is 22.6 Å². The quantitative estimate of drug-likeness (QED) is 0.164. The van der Waals surface area contributed by atoms with E-state index in [-0.39, 0.29) is 33.9 Å². The highest BCUT2D eigenvalue weighted by atomic mass is 15.3. The third-order valence-corrected chi connectivity index (χ3v) is 17.4. The van der Waals surface area contributed by atoms with Crippen molar-refractivity contribution < 1.29 is 0 Å². The lowest BCUT2D eigenvalue weighted by molar-refractivity contribution is 0.245. The van der Waals surface area contributed by atoms with E-state index < -0.39 is 0 Å². The second-order valence-electron chi connectivity index (χ2n) is 25.0. The fraction of sp³-hybridized carbons (Fsp3) is 0.299. The Kier molecular flexibility index (Phi) is 10.2. The van der Waals surface area contributed by atoms with Gasteiger partial charge in [0.15, 0.2) is 0 Å². The van der Waals surface area contributed by atoms with Crippen molar-refractivity contribution in [2.45, 2.75) is 130 Å². The van der Waals surface area contributed by atoms with E-state index in [1.165, 1.54) is 106 Å². The average Bonchev–Trinajstić information content (AvgIpc) is 3.56. The van der Waals surface area contributed by atoms with Gasteiger partial charge in [0.05, 0.1) is 11.2 Å². The van der Waals surface area contributed by atoms with E-state index in [2.05, 4.69) is 250 Å². The average molecular weight is 941 g/mol. The van der Waals surface area contributed by atoms with Crippen molar-refractivity contribution in [1.29, 1.82) is 0 Å². The summed E-state index contributed by atoms with van der Waals surface area (Å²) in [5, 5.41) is 0. The number of hydrogen-bond acceptors (Lipinski definition) is 4. The molecule has 0 N–H and O–H groups in total. The first-order chi connectivity index (χ1) is 34.2. The predicted octanol–water partition coefficient (Wildman–Crippen LogP) is 15.6. The maximum Gasteiger partial charge on any atom is 0.252 e. The fourth-order valence-electron chi connectivity index (χ4n) is 13.2. The summed E-state index contributed by atoms with van der Waals surface area (Å²) in [7, 11) is 0. The minimum atomic E-state index is -0.378. The highest BCUT2D eigenvalue weighted by molar-refractivity contribution is 7.00. The van der Waals surface area contributed by atoms with Crippen LogP contribution < -0.4 is 31.1 Å². The van der Waals surface area contributed by atoms with Gasteiger partial charge in [0.25, 0.3) is 6.71 Å². The van der Waals surface area contributed by atoms with E-state index in [1.807, 2.05) is 12.3 Å². The second-order valence-corrected chi connectivity index (χ2v) is 25.0. The van der Waals surface area contributed by atoms with Gasteiger partial charge in [0.1, 0.15) is 0 Å². The number of nitrogens with zero attached hydrogens (tertiary/aromatic N) is 4. The summed E-state index contributed by atoms with van der Waals surface area (Å²) in [5.74, 6) is 0. The van der Waals surface area contributed by atoms with Crippen LogP contribution in [0.1, 0.15) is 127 Å². The van der Waals surface area contributed by atoms with Crippen LogP contribution in [-0.4, -0.2) is 11.7 Å². The van der Waals surface area contributed by atoms with Crippen LogP contribution in [0.5, 0.6) is 0 Å². The summed E-state index contributed by atoms with van der Waals surface area (Å²) < 4.78 is 0. The minimum absolute atomic E-state index is 0.00416. The van der Waals surface area contributed by atoms with Gasteiger partial charge in [-0.1, -0.05) is 148 Å². The van der Waals surface area contributed by atoms with Gasteiger partial charge < -0.3 is 14.7 Å². The van der Waals surface area contributed by atoms with Crippen LogP contribution in [0.2, 0.25) is 0 Å². The molecule has 2 atom stereocenters. The Labute approximate surface area is 429 Å². The number of aromatic nitrogens is 1. The molecule has 3 aliphatic heterocycles. The maximum absolute atomic E-state index is 4.84. The molecule has 7 aromatic carbocycles. The molecule has 4 nitrogen and oxygen atoms in total. The van der Waals surface area contributed by atoms with E-state index in [4.69, 9.17) is 4.98 Å². The molecule has 4 heterocycles. The van der Waals surface area contributed by atoms with Crippen LogP contribution in [0.15, 0.2) is 158 Å². The van der Waals surface area contributed by atoms with Crippen LogP contribution in [0, 0.1) is 13.8 Å². The van der Waals surface area contributed by atoms with E-state index in [0.29, 0.717) is 0 Å². The minimum Gasteiger partial charge on any atom is -0.330 e. The number of benzene rings is 7. The van der Waals surface area contributed by atoms with Crippen molar-refractivity contribution in [3.05, 3.63) is 202 Å². The predicted molar refractivity (Wildman–Crippen MR) is 307 cm³/mol. The molecule has 360 valence electrons. The molecular formula is C67H69BN4. The number of fused-ring (bicyclic) bond motifs is 9. The molecule has 2 unspecified atom stereocenters. The molecule has 0 amide bonds. The highest BCUT2D eigenvalue weighted by Crippen LogP contribution is 2.64. The lowest BCUT2D eigenvalue weighted by Crippen LogP contribution is -2.61. The summed E-state index contributed by atoms with van der Waals surface area (Å²) >= 11 is 0. The first-order valence-electron chi connectivity index (χ1n) is 26.4. The Morgan fingerprint density at radius 2 is 1.12 bits per heavy atom. The normalized spacial score (nSPS) is 18.8. The lowest BCUT2D eigenvalue weighted by Gasteiger charge is -2.51. The van der Waals surface area contributed by atoms with Gasteiger partial charge in [-0.05, 0) is 184 Å². The second kappa shape index (κ2) is 15.8. The smallest absolute Gasteiger partial charge is 0.252 e. The molecule has 0 bridgehead atoms. The van der Waals surface area contributed by atoms with E-state index in [0.717, 1.165) is 24.1 Å². The van der Waals surface area contributed by atoms with Crippen LogP contribution in [0.4, 0.5) is 45.5 Å². The third kappa shape index (κ3) is 6.82. The molecule has 0 fully saturated rings. The van der Waals surface area contributed by atoms with Gasteiger partial charge in [-0.25, -0.2) is 0 Å². The summed E-state index contributed by atoms with van der Waals surface area (Å²) in [5.41, 5.74) is 26.3. The standard InChI is InChI=1S/C67H69BN4/c1-42-36-60-62-61(37-42)71(56-31-24-47(38-43(56)2)64(6,7)8)58-32-25-48(65(9,10)11)40-54(58)68(62)53-29-28-50(41-59(53)70(60)49-26-22-46(23-27-49)63(3,4)5)72-57-30-21-45(55-20-16-17-35-69-55)39-52(57)66(12)34-33-44-18-14-15-19-51(44)67(66,72)13/h14-32,35-41H,33-34H2,1-13H3. The van der Waals surface area contributed by atoms with Gasteiger partial charge in [0, 0.05) is 62.7 Å². The van der Waals surface area contributed by atoms with Gasteiger partial charge in [-0.2, -0.15) is 0 Å². The molecule has 72 heavy (non-hydrogen) atoms. The largest absolute Gasteiger partial charge is 0.330 e. The first-order valence-corrected chi connectivity index (χ1v) is 26.4. The van der Waals surface area contributed by atoms with Gasteiger partial charge in [-0.3, -0.25) is 4.98 Å². The zero-order valence-electron chi connectivity index (χ0n) is 44.8. The van der Waals surface area contributed by atoms with E-state index in [9.17, 15) is 0 Å². The molecule has 1 aromatic heterocycles. The Morgan fingerprint density at radius 1 is 0.500 bits per heavy atom. The molecule has 8 aromatic rings. The molecule has 4 aliphatic rings. The molecule has 0 spiro atoms. The van der Waals surface area contributed by atoms with Crippen LogP contribution >= 0.6 is 0 Å². The van der Waals surface area contributed by atoms with Crippen molar-refractivity contribution in [3.8, 4) is 11.3 Å². The van der Waals surface area contributed by atoms with Crippen LogP contribution in [-0.2, 0) is 33.6 Å². The number of hydrogen-bond donors (Lipinski definition) is 0. The molecular weight excluding hydrogens is 872 g/mol. The Balaban J connectivity index is 1.14. The lowest BCUT2D eigenvalue weighted by atomic mass is 9.33. The van der Waals surface area contributed by atoms with Crippen molar-refractivity contribution >= 4 is 68.6 Å². The van der Waals surface area contributed by atoms with E-state index in [1.54, 1.807) is 0 Å². The molecule has 0 saturated heterocycles. The van der Waals surface area contributed by atoms with Crippen molar-refractivity contribution in [3.63, 3.8) is 0 Å². The first kappa shape index (κ1) is 46.2. The van der Waals surface area contributed by atoms with Crippen molar-refractivity contribution in [2.75, 3.05) is 14.7 Å². The van der Waals surface area contributed by atoms with Crippen LogP contribution in [0.25, 0.3) is 11.3 Å². The molecule has 0 radical (unpaired) electrons. The Bertz CT molecular complexity index is 3500. The molecule has 1 aliphatic carbocycles. The summed E-state index contributed by atoms with van der Waals surface area (Å²) in [6.07, 6.45) is 4.00. The number of aryl methyl sites for hydroxylation is 3. The highest BCUT2D eigenvalue weighted by Gasteiger charge is 2.60. The summed E-state index contributed by atoms with van der Waals surface area (Å²) in [6, 6.07) is 59.0. The van der Waals surface area contributed by atoms with Crippen molar-refractivity contribution in [1.82, 2.24) is 4.98 Å². The third-order valence-electron chi connectivity index (χ3n) is 17.4. The van der Waals surface area contributed by atoms with Gasteiger partial charge in [-0.15, -0.1) is 0 Å². The number of anilines is 8. The zero-order valence-corrected chi connectivity index (χ0v) is 44.8. The summed E-state index contributed by atoms with van der Waals surface area (Å²) in [6.45, 7) is 30.6. The zero-order chi connectivity index (χ0) is 50.4. The van der Waals surface area contributed by atoms with Gasteiger partial charge in [0.2, 0.25) is 0 Å². The Morgan fingerprint density at radius 3 is 1.81 bits per heavy atom. The van der Waals surface area contributed by atoms with Gasteiger partial charge >= 0.3 is 0 Å². The number of pyridine rings is 1. The number of rotatable bonds is 4. The Hall–Kier alpha value is -6.85. The monoisotopic (exact) mass is 941 g/mol. The molecule has 12 rings (SSSR count). The molecule has 0 saturated carbocycles. The summed E-state index contributed by atoms with van der Waals surface area (Å²) in [4.78, 5) is 12.8. The SMILES string of the molecule is Cc1cc2c3c(c1)N(c1ccc(C(C)(C)C)cc1C)c1ccc(C(C)(C)C)cc1B3c1ccc(N3c4ccc(-c5ccccn5)cc4C4(C)CCc5ccccc5C34C)cc1N2c1ccc(C(C)(C)C)cc1. The fourth-order valence-corrected chi connectivity index (χ4v) is 13.2. The molecule has 5 heteroatoms. The van der Waals surface area contributed by atoms with Crippen LogP contribution in [0.3, 0.4) is 0 Å². The van der Waals surface area contributed by atoms with Crippen molar-refractivity contribution in [2.24, 2.45) is 0 Å². The van der Waals surface area contributed by atoms with E-state index >= 15 is 0 Å².